The van der Waals surface area contributed by atoms with Crippen LogP contribution in [-0.2, 0) is 0 Å². The minimum atomic E-state index is -0.717. The zero-order valence-corrected chi connectivity index (χ0v) is 9.50. The molecule has 0 aromatic carbocycles. The second-order valence-corrected chi connectivity index (χ2v) is 5.24. The van der Waals surface area contributed by atoms with Crippen LogP contribution >= 0.6 is 0 Å². The first-order valence-corrected chi connectivity index (χ1v) is 5.94. The van der Waals surface area contributed by atoms with Crippen molar-refractivity contribution in [3.63, 3.8) is 0 Å². The van der Waals surface area contributed by atoms with Crippen molar-refractivity contribution in [1.29, 1.82) is 5.26 Å². The highest BCUT2D eigenvalue weighted by molar-refractivity contribution is 5.14. The van der Waals surface area contributed by atoms with Gasteiger partial charge in [-0.05, 0) is 32.7 Å². The predicted molar refractivity (Wildman–Crippen MR) is 58.2 cm³/mol. The van der Waals surface area contributed by atoms with Crippen LogP contribution in [0.5, 0.6) is 0 Å². The lowest BCUT2D eigenvalue weighted by molar-refractivity contribution is -0.0916. The first-order chi connectivity index (χ1) is 7.12. The topological polar surface area (TPSA) is 47.3 Å². The van der Waals surface area contributed by atoms with E-state index in [9.17, 15) is 10.4 Å². The molecule has 3 heteroatoms. The molecule has 15 heavy (non-hydrogen) atoms. The maximum atomic E-state index is 10.7. The molecule has 3 nitrogen and oxygen atoms in total. The molecule has 0 radical (unpaired) electrons. The van der Waals surface area contributed by atoms with Crippen molar-refractivity contribution >= 4 is 0 Å². The highest BCUT2D eigenvalue weighted by Gasteiger charge is 2.52. The van der Waals surface area contributed by atoms with Gasteiger partial charge in [0.05, 0.1) is 17.1 Å². The molecule has 1 aliphatic carbocycles. The average Bonchev–Trinajstić information content (AvgIpc) is 2.73. The van der Waals surface area contributed by atoms with E-state index in [-0.39, 0.29) is 0 Å². The smallest absolute Gasteiger partial charge is 0.0861 e. The minimum absolute atomic E-state index is 0.436. The normalized spacial score (nSPS) is 29.9. The van der Waals surface area contributed by atoms with Gasteiger partial charge in [-0.3, -0.25) is 0 Å². The molecule has 1 saturated heterocycles. The molecular weight excluding hydrogens is 188 g/mol. The minimum Gasteiger partial charge on any atom is -0.388 e. The van der Waals surface area contributed by atoms with Crippen molar-refractivity contribution in [3.05, 3.63) is 0 Å². The van der Waals surface area contributed by atoms with Crippen molar-refractivity contribution in [2.45, 2.75) is 44.1 Å². The second kappa shape index (κ2) is 3.77. The van der Waals surface area contributed by atoms with Gasteiger partial charge in [0.15, 0.2) is 0 Å². The Morgan fingerprint density at radius 3 is 2.13 bits per heavy atom. The van der Waals surface area contributed by atoms with Crippen LogP contribution in [0.3, 0.4) is 0 Å². The monoisotopic (exact) mass is 208 g/mol. The molecular formula is C12H20N2O. The van der Waals surface area contributed by atoms with Crippen molar-refractivity contribution in [1.82, 2.24) is 4.90 Å². The van der Waals surface area contributed by atoms with Gasteiger partial charge < -0.3 is 10.0 Å². The molecule has 0 unspecified atom stereocenters. The van der Waals surface area contributed by atoms with E-state index in [0.29, 0.717) is 0 Å². The van der Waals surface area contributed by atoms with E-state index in [1.807, 2.05) is 0 Å². The highest BCUT2D eigenvalue weighted by Crippen LogP contribution is 2.50. The molecule has 0 aromatic heterocycles. The van der Waals surface area contributed by atoms with Crippen LogP contribution in [-0.4, -0.2) is 35.7 Å². The molecule has 0 amide bonds. The number of likely N-dealkylation sites (tertiary alicyclic amines) is 1. The van der Waals surface area contributed by atoms with E-state index in [0.717, 1.165) is 51.6 Å². The Bertz CT molecular complexity index is 268. The van der Waals surface area contributed by atoms with E-state index in [1.54, 1.807) is 0 Å². The highest BCUT2D eigenvalue weighted by atomic mass is 16.3. The van der Waals surface area contributed by atoms with Crippen LogP contribution in [0, 0.1) is 16.7 Å². The van der Waals surface area contributed by atoms with Gasteiger partial charge in [0, 0.05) is 13.1 Å². The summed E-state index contributed by atoms with van der Waals surface area (Å²) in [5, 5.41) is 20.1. The summed E-state index contributed by atoms with van der Waals surface area (Å²) < 4.78 is 0. The van der Waals surface area contributed by atoms with Crippen molar-refractivity contribution in [3.8, 4) is 6.07 Å². The average molecular weight is 208 g/mol. The summed E-state index contributed by atoms with van der Waals surface area (Å²) in [6, 6.07) is 2.43. The van der Waals surface area contributed by atoms with E-state index in [2.05, 4.69) is 18.0 Å². The van der Waals surface area contributed by atoms with Gasteiger partial charge in [0.2, 0.25) is 0 Å². The lowest BCUT2D eigenvalue weighted by atomic mass is 9.67. The number of rotatable bonds is 1. The van der Waals surface area contributed by atoms with Gasteiger partial charge in [-0.25, -0.2) is 0 Å². The lowest BCUT2D eigenvalue weighted by Gasteiger charge is -2.45. The molecule has 2 rings (SSSR count). The Morgan fingerprint density at radius 1 is 1.13 bits per heavy atom. The Kier molecular flexibility index (Phi) is 2.74. The second-order valence-electron chi connectivity index (χ2n) is 5.24. The maximum Gasteiger partial charge on any atom is 0.0861 e. The van der Waals surface area contributed by atoms with Crippen LogP contribution in [0.4, 0.5) is 0 Å². The van der Waals surface area contributed by atoms with E-state index < -0.39 is 11.0 Å². The summed E-state index contributed by atoms with van der Waals surface area (Å²) >= 11 is 0. The first-order valence-electron chi connectivity index (χ1n) is 5.94. The zero-order valence-electron chi connectivity index (χ0n) is 9.50. The van der Waals surface area contributed by atoms with Crippen LogP contribution in [0.15, 0.2) is 0 Å². The van der Waals surface area contributed by atoms with Crippen LogP contribution in [0.25, 0.3) is 0 Å². The molecule has 0 spiro atoms. The standard InChI is InChI=1S/C12H20N2O/c1-14-8-6-12(15,7-9-14)11(10-13)4-2-3-5-11/h15H,2-9H2,1H3. The Morgan fingerprint density at radius 2 is 1.67 bits per heavy atom. The fourth-order valence-electron chi connectivity index (χ4n) is 3.13. The summed E-state index contributed by atoms with van der Waals surface area (Å²) in [5.41, 5.74) is -1.15. The SMILES string of the molecule is CN1CCC(O)(C2(C#N)CCCC2)CC1. The molecule has 1 N–H and O–H groups in total. The third-order valence-corrected chi connectivity index (χ3v) is 4.38. The Hall–Kier alpha value is -0.590. The van der Waals surface area contributed by atoms with E-state index in [4.69, 9.17) is 0 Å². The molecule has 84 valence electrons. The molecule has 0 bridgehead atoms. The van der Waals surface area contributed by atoms with Gasteiger partial charge in [0.1, 0.15) is 0 Å². The summed E-state index contributed by atoms with van der Waals surface area (Å²) in [6.45, 7) is 1.83. The summed E-state index contributed by atoms with van der Waals surface area (Å²) in [4.78, 5) is 2.23. The fourth-order valence-corrected chi connectivity index (χ4v) is 3.13. The maximum absolute atomic E-state index is 10.7. The van der Waals surface area contributed by atoms with Gasteiger partial charge in [-0.15, -0.1) is 0 Å². The number of nitriles is 1. The fraction of sp³-hybridized carbons (Fsp3) is 0.917. The number of piperidine rings is 1. The molecule has 1 aliphatic heterocycles. The molecule has 2 aliphatic rings. The van der Waals surface area contributed by atoms with Crippen LogP contribution < -0.4 is 0 Å². The van der Waals surface area contributed by atoms with Crippen molar-refractivity contribution in [2.24, 2.45) is 5.41 Å². The third kappa shape index (κ3) is 1.66. The van der Waals surface area contributed by atoms with Crippen molar-refractivity contribution < 1.29 is 5.11 Å². The molecule has 1 saturated carbocycles. The largest absolute Gasteiger partial charge is 0.388 e. The van der Waals surface area contributed by atoms with Crippen LogP contribution in [0.1, 0.15) is 38.5 Å². The molecule has 0 atom stereocenters. The van der Waals surface area contributed by atoms with Gasteiger partial charge >= 0.3 is 0 Å². The zero-order chi connectivity index (χ0) is 10.9. The number of nitrogens with zero attached hydrogens (tertiary/aromatic N) is 2. The van der Waals surface area contributed by atoms with Gasteiger partial charge in [0.25, 0.3) is 0 Å². The van der Waals surface area contributed by atoms with Crippen molar-refractivity contribution in [2.75, 3.05) is 20.1 Å². The molecule has 2 fully saturated rings. The first kappa shape index (κ1) is 10.9. The Labute approximate surface area is 91.7 Å². The predicted octanol–water partition coefficient (Wildman–Crippen LogP) is 1.53. The summed E-state index contributed by atoms with van der Waals surface area (Å²) in [5.74, 6) is 0. The molecule has 0 aromatic rings. The quantitative estimate of drug-likeness (QED) is 0.711. The third-order valence-electron chi connectivity index (χ3n) is 4.38. The summed E-state index contributed by atoms with van der Waals surface area (Å²) in [7, 11) is 2.08. The van der Waals surface area contributed by atoms with E-state index >= 15 is 0 Å². The number of aliphatic hydroxyl groups is 1. The lowest BCUT2D eigenvalue weighted by Crippen LogP contribution is -2.52. The number of hydrogen-bond donors (Lipinski definition) is 1. The summed E-state index contributed by atoms with van der Waals surface area (Å²) in [6.07, 6.45) is 5.51. The van der Waals surface area contributed by atoms with Gasteiger partial charge in [-0.1, -0.05) is 12.8 Å². The van der Waals surface area contributed by atoms with E-state index in [1.165, 1.54) is 0 Å². The number of hydrogen-bond acceptors (Lipinski definition) is 3. The van der Waals surface area contributed by atoms with Gasteiger partial charge in [-0.2, -0.15) is 5.26 Å². The Balaban J connectivity index is 2.17. The van der Waals surface area contributed by atoms with Crippen LogP contribution in [0.2, 0.25) is 0 Å². The molecule has 1 heterocycles.